The van der Waals surface area contributed by atoms with Gasteiger partial charge in [-0.3, -0.25) is 0 Å². The lowest BCUT2D eigenvalue weighted by Crippen LogP contribution is -2.05. The van der Waals surface area contributed by atoms with Gasteiger partial charge in [0.15, 0.2) is 0 Å². The minimum absolute atomic E-state index is 0.323. The van der Waals surface area contributed by atoms with E-state index in [4.69, 9.17) is 9.25 Å². The molecule has 0 atom stereocenters. The van der Waals surface area contributed by atoms with Gasteiger partial charge in [0.2, 0.25) is 5.89 Å². The van der Waals surface area contributed by atoms with E-state index in [0.29, 0.717) is 24.9 Å². The second kappa shape index (κ2) is 9.84. The van der Waals surface area contributed by atoms with Crippen molar-refractivity contribution < 1.29 is 9.25 Å². The van der Waals surface area contributed by atoms with E-state index in [1.807, 2.05) is 84.9 Å². The molecule has 0 bridgehead atoms. The molecule has 1 aromatic heterocycles. The van der Waals surface area contributed by atoms with Crippen LogP contribution in [0.2, 0.25) is 0 Å². The van der Waals surface area contributed by atoms with Crippen LogP contribution in [0, 0.1) is 0 Å². The molecule has 0 saturated heterocycles. The van der Waals surface area contributed by atoms with Crippen LogP contribution in [0.25, 0.3) is 0 Å². The average molecular weight is 463 g/mol. The minimum Gasteiger partial charge on any atom is -0.408 e. The molecule has 30 heavy (non-hydrogen) atoms. The lowest BCUT2D eigenvalue weighted by atomic mass is 10.0. The molecule has 0 saturated carbocycles. The standard InChI is InChI=1S/C23H19BrN4O2/c24-19-11-13-20(14-12-19)25-23-27-26-21(30-23)15-16-29-28-22(17-7-3-1-4-8-17)18-9-5-2-6-10-18/h1-14H,15-16H2,(H,25,27). The van der Waals surface area contributed by atoms with E-state index in [2.05, 4.69) is 36.6 Å². The smallest absolute Gasteiger partial charge is 0.320 e. The maximum absolute atomic E-state index is 5.62. The van der Waals surface area contributed by atoms with Gasteiger partial charge in [-0.2, -0.15) is 0 Å². The van der Waals surface area contributed by atoms with Gasteiger partial charge in [0.25, 0.3) is 0 Å². The molecule has 0 fully saturated rings. The van der Waals surface area contributed by atoms with Crippen LogP contribution in [-0.2, 0) is 11.3 Å². The number of nitrogens with zero attached hydrogens (tertiary/aromatic N) is 3. The fourth-order valence-corrected chi connectivity index (χ4v) is 3.03. The van der Waals surface area contributed by atoms with Gasteiger partial charge in [0.1, 0.15) is 12.3 Å². The molecule has 6 nitrogen and oxygen atoms in total. The lowest BCUT2D eigenvalue weighted by Gasteiger charge is -2.07. The van der Waals surface area contributed by atoms with Crippen molar-refractivity contribution in [2.24, 2.45) is 5.16 Å². The molecule has 0 unspecified atom stereocenters. The van der Waals surface area contributed by atoms with Crippen molar-refractivity contribution in [1.82, 2.24) is 10.2 Å². The van der Waals surface area contributed by atoms with Gasteiger partial charge in [0, 0.05) is 21.3 Å². The molecule has 3 aromatic carbocycles. The molecule has 4 rings (SSSR count). The van der Waals surface area contributed by atoms with E-state index >= 15 is 0 Å². The number of benzene rings is 3. The summed E-state index contributed by atoms with van der Waals surface area (Å²) in [5, 5.41) is 15.5. The number of hydrogen-bond acceptors (Lipinski definition) is 6. The van der Waals surface area contributed by atoms with Crippen LogP contribution in [0.1, 0.15) is 17.0 Å². The summed E-state index contributed by atoms with van der Waals surface area (Å²) in [5.41, 5.74) is 3.62. The molecule has 1 N–H and O–H groups in total. The van der Waals surface area contributed by atoms with Gasteiger partial charge >= 0.3 is 6.01 Å². The number of hydrogen-bond donors (Lipinski definition) is 1. The Kier molecular flexibility index (Phi) is 6.51. The van der Waals surface area contributed by atoms with E-state index in [0.717, 1.165) is 27.0 Å². The van der Waals surface area contributed by atoms with E-state index in [9.17, 15) is 0 Å². The quantitative estimate of drug-likeness (QED) is 0.210. The maximum Gasteiger partial charge on any atom is 0.320 e. The largest absolute Gasteiger partial charge is 0.408 e. The van der Waals surface area contributed by atoms with Crippen LogP contribution in [0.3, 0.4) is 0 Å². The van der Waals surface area contributed by atoms with E-state index in [1.54, 1.807) is 0 Å². The molecule has 4 aromatic rings. The summed E-state index contributed by atoms with van der Waals surface area (Å²) < 4.78 is 6.62. The Hall–Kier alpha value is -3.45. The zero-order valence-electron chi connectivity index (χ0n) is 16.0. The highest BCUT2D eigenvalue weighted by Crippen LogP contribution is 2.18. The van der Waals surface area contributed by atoms with E-state index < -0.39 is 0 Å². The van der Waals surface area contributed by atoms with Gasteiger partial charge in [-0.25, -0.2) is 0 Å². The summed E-state index contributed by atoms with van der Waals surface area (Å²) in [6, 6.07) is 27.9. The number of nitrogens with one attached hydrogen (secondary N) is 1. The second-order valence-electron chi connectivity index (χ2n) is 6.39. The first-order valence-corrected chi connectivity index (χ1v) is 10.2. The molecule has 150 valence electrons. The zero-order valence-corrected chi connectivity index (χ0v) is 17.6. The number of anilines is 2. The normalized spacial score (nSPS) is 10.4. The predicted molar refractivity (Wildman–Crippen MR) is 120 cm³/mol. The van der Waals surface area contributed by atoms with Crippen LogP contribution in [0.15, 0.2) is 99.0 Å². The van der Waals surface area contributed by atoms with Crippen LogP contribution in [-0.4, -0.2) is 22.5 Å². The first kappa shape index (κ1) is 19.8. The summed E-state index contributed by atoms with van der Waals surface area (Å²) in [5.74, 6) is 0.478. The molecule has 0 aliphatic carbocycles. The molecule has 1 heterocycles. The first-order valence-electron chi connectivity index (χ1n) is 9.44. The monoisotopic (exact) mass is 462 g/mol. The van der Waals surface area contributed by atoms with Gasteiger partial charge in [-0.1, -0.05) is 86.8 Å². The van der Waals surface area contributed by atoms with Gasteiger partial charge in [0.05, 0.1) is 6.42 Å². The molecular formula is C23H19BrN4O2. The third kappa shape index (κ3) is 5.33. The molecule has 0 aliphatic rings. The van der Waals surface area contributed by atoms with Gasteiger partial charge < -0.3 is 14.6 Å². The Morgan fingerprint density at radius 2 is 1.50 bits per heavy atom. The first-order chi connectivity index (χ1) is 14.8. The fourth-order valence-electron chi connectivity index (χ4n) is 2.77. The summed E-state index contributed by atoms with van der Waals surface area (Å²) in [7, 11) is 0. The van der Waals surface area contributed by atoms with E-state index in [1.165, 1.54) is 0 Å². The molecule has 0 aliphatic heterocycles. The summed E-state index contributed by atoms with van der Waals surface area (Å²) in [6.07, 6.45) is 0.454. The van der Waals surface area contributed by atoms with Crippen molar-refractivity contribution in [3.05, 3.63) is 106 Å². The number of halogens is 1. The van der Waals surface area contributed by atoms with E-state index in [-0.39, 0.29) is 0 Å². The highest BCUT2D eigenvalue weighted by Gasteiger charge is 2.09. The second-order valence-corrected chi connectivity index (χ2v) is 7.30. The Morgan fingerprint density at radius 3 is 2.13 bits per heavy atom. The van der Waals surface area contributed by atoms with Crippen LogP contribution < -0.4 is 5.32 Å². The zero-order chi connectivity index (χ0) is 20.6. The molecular weight excluding hydrogens is 444 g/mol. The minimum atomic E-state index is 0.323. The molecule has 7 heteroatoms. The Bertz CT molecular complexity index is 1060. The number of aromatic nitrogens is 2. The Labute approximate surface area is 182 Å². The fraction of sp³-hybridized carbons (Fsp3) is 0.0870. The third-order valence-electron chi connectivity index (χ3n) is 4.22. The average Bonchev–Trinajstić information content (AvgIpc) is 3.24. The van der Waals surface area contributed by atoms with Crippen LogP contribution >= 0.6 is 15.9 Å². The van der Waals surface area contributed by atoms with Crippen molar-refractivity contribution in [1.29, 1.82) is 0 Å². The number of oxime groups is 1. The van der Waals surface area contributed by atoms with Gasteiger partial charge in [-0.15, -0.1) is 5.10 Å². The van der Waals surface area contributed by atoms with Gasteiger partial charge in [-0.05, 0) is 24.3 Å². The van der Waals surface area contributed by atoms with Crippen LogP contribution in [0.4, 0.5) is 11.7 Å². The van der Waals surface area contributed by atoms with Crippen molar-refractivity contribution in [3.63, 3.8) is 0 Å². The SMILES string of the molecule is Brc1ccc(Nc2nnc(CCON=C(c3ccccc3)c3ccccc3)o2)cc1. The molecule has 0 radical (unpaired) electrons. The summed E-state index contributed by atoms with van der Waals surface area (Å²) in [6.45, 7) is 0.323. The van der Waals surface area contributed by atoms with Crippen molar-refractivity contribution in [2.75, 3.05) is 11.9 Å². The predicted octanol–water partition coefficient (Wildman–Crippen LogP) is 5.59. The molecule has 0 spiro atoms. The highest BCUT2D eigenvalue weighted by atomic mass is 79.9. The van der Waals surface area contributed by atoms with Crippen molar-refractivity contribution >= 4 is 33.3 Å². The Balaban J connectivity index is 1.37. The Morgan fingerprint density at radius 1 is 0.867 bits per heavy atom. The number of rotatable bonds is 8. The maximum atomic E-state index is 5.62. The van der Waals surface area contributed by atoms with Crippen molar-refractivity contribution in [3.8, 4) is 0 Å². The highest BCUT2D eigenvalue weighted by molar-refractivity contribution is 9.10. The molecule has 0 amide bonds. The third-order valence-corrected chi connectivity index (χ3v) is 4.75. The summed E-state index contributed by atoms with van der Waals surface area (Å²) in [4.78, 5) is 5.58. The van der Waals surface area contributed by atoms with Crippen molar-refractivity contribution in [2.45, 2.75) is 6.42 Å². The lowest BCUT2D eigenvalue weighted by molar-refractivity contribution is 0.143. The topological polar surface area (TPSA) is 72.5 Å². The summed E-state index contributed by atoms with van der Waals surface area (Å²) >= 11 is 3.41. The van der Waals surface area contributed by atoms with Crippen LogP contribution in [0.5, 0.6) is 0 Å².